The van der Waals surface area contributed by atoms with E-state index in [0.717, 1.165) is 29.9 Å². The molecule has 16 heavy (non-hydrogen) atoms. The number of nitrogens with one attached hydrogen (secondary N) is 1. The molecular formula is C14H19NS. The number of allylic oxidation sites excluding steroid dienone is 1. The quantitative estimate of drug-likeness (QED) is 0.458. The molecular weight excluding hydrogens is 214 g/mol. The summed E-state index contributed by atoms with van der Waals surface area (Å²) in [7, 11) is 0. The van der Waals surface area contributed by atoms with E-state index in [9.17, 15) is 0 Å². The first-order chi connectivity index (χ1) is 7.79. The average molecular weight is 233 g/mol. The third-order valence-corrected chi connectivity index (χ3v) is 2.81. The van der Waals surface area contributed by atoms with Crippen molar-refractivity contribution >= 4 is 17.2 Å². The van der Waals surface area contributed by atoms with Gasteiger partial charge in [-0.25, -0.2) is 0 Å². The Labute approximate surface area is 104 Å². The molecule has 1 nitrogen and oxygen atoms in total. The standard InChI is InChI=1S/C14H19NS/c1-3-5-11-15-14(16)13-10-7-6-9-12(13)8-4-2/h4,6-7,9-10H,2-3,5,8,11H2,1H3,(H,15,16). The Kier molecular flexibility index (Phi) is 5.79. The van der Waals surface area contributed by atoms with Gasteiger partial charge >= 0.3 is 0 Å². The molecule has 1 aromatic rings. The minimum Gasteiger partial charge on any atom is -0.376 e. The first-order valence-corrected chi connectivity index (χ1v) is 6.17. The summed E-state index contributed by atoms with van der Waals surface area (Å²) in [6.45, 7) is 6.90. The van der Waals surface area contributed by atoms with E-state index in [0.29, 0.717) is 0 Å². The van der Waals surface area contributed by atoms with E-state index in [1.807, 2.05) is 18.2 Å². The second-order valence-electron chi connectivity index (χ2n) is 3.76. The van der Waals surface area contributed by atoms with Gasteiger partial charge in [-0.3, -0.25) is 0 Å². The number of hydrogen-bond donors (Lipinski definition) is 1. The minimum atomic E-state index is 0.853. The van der Waals surface area contributed by atoms with Crippen molar-refractivity contribution in [1.29, 1.82) is 0 Å². The normalized spacial score (nSPS) is 9.81. The van der Waals surface area contributed by atoms with Crippen LogP contribution in [0.1, 0.15) is 30.9 Å². The zero-order valence-corrected chi connectivity index (χ0v) is 10.6. The smallest absolute Gasteiger partial charge is 0.106 e. The zero-order chi connectivity index (χ0) is 11.8. The van der Waals surface area contributed by atoms with E-state index in [1.54, 1.807) is 0 Å². The molecule has 2 heteroatoms. The van der Waals surface area contributed by atoms with Crippen molar-refractivity contribution in [3.05, 3.63) is 48.0 Å². The molecule has 0 bridgehead atoms. The number of thiocarbonyl (C=S) groups is 1. The Morgan fingerprint density at radius 3 is 2.88 bits per heavy atom. The zero-order valence-electron chi connectivity index (χ0n) is 9.83. The highest BCUT2D eigenvalue weighted by Crippen LogP contribution is 2.10. The second-order valence-corrected chi connectivity index (χ2v) is 4.17. The Morgan fingerprint density at radius 1 is 1.44 bits per heavy atom. The Balaban J connectivity index is 2.69. The van der Waals surface area contributed by atoms with Crippen molar-refractivity contribution in [1.82, 2.24) is 5.32 Å². The molecule has 0 aromatic heterocycles. The number of unbranched alkanes of at least 4 members (excludes halogenated alkanes) is 1. The lowest BCUT2D eigenvalue weighted by Crippen LogP contribution is -2.24. The maximum atomic E-state index is 5.39. The second kappa shape index (κ2) is 7.18. The number of hydrogen-bond acceptors (Lipinski definition) is 1. The van der Waals surface area contributed by atoms with E-state index < -0.39 is 0 Å². The average Bonchev–Trinajstić information content (AvgIpc) is 2.30. The SMILES string of the molecule is C=CCc1ccccc1C(=S)NCCCC. The third-order valence-electron chi connectivity index (χ3n) is 2.44. The van der Waals surface area contributed by atoms with Gasteiger partial charge in [0.2, 0.25) is 0 Å². The van der Waals surface area contributed by atoms with Crippen LogP contribution in [-0.2, 0) is 6.42 Å². The monoisotopic (exact) mass is 233 g/mol. The maximum Gasteiger partial charge on any atom is 0.106 e. The van der Waals surface area contributed by atoms with Crippen molar-refractivity contribution in [3.63, 3.8) is 0 Å². The Morgan fingerprint density at radius 2 is 2.19 bits per heavy atom. The van der Waals surface area contributed by atoms with Crippen LogP contribution in [0.2, 0.25) is 0 Å². The Bertz CT molecular complexity index is 358. The van der Waals surface area contributed by atoms with Crippen LogP contribution < -0.4 is 5.32 Å². The molecule has 1 aromatic carbocycles. The highest BCUT2D eigenvalue weighted by Gasteiger charge is 2.04. The van der Waals surface area contributed by atoms with Gasteiger partial charge in [0, 0.05) is 12.1 Å². The molecule has 0 heterocycles. The molecule has 0 saturated carbocycles. The van der Waals surface area contributed by atoms with Crippen LogP contribution in [0, 0.1) is 0 Å². The van der Waals surface area contributed by atoms with Gasteiger partial charge in [-0.2, -0.15) is 0 Å². The molecule has 0 aliphatic rings. The van der Waals surface area contributed by atoms with E-state index in [2.05, 4.69) is 31.0 Å². The van der Waals surface area contributed by atoms with Crippen LogP contribution in [-0.4, -0.2) is 11.5 Å². The lowest BCUT2D eigenvalue weighted by atomic mass is 10.0. The summed E-state index contributed by atoms with van der Waals surface area (Å²) < 4.78 is 0. The lowest BCUT2D eigenvalue weighted by molar-refractivity contribution is 0.759. The fourth-order valence-electron chi connectivity index (χ4n) is 1.55. The van der Waals surface area contributed by atoms with Gasteiger partial charge in [0.1, 0.15) is 4.99 Å². The molecule has 1 N–H and O–H groups in total. The highest BCUT2D eigenvalue weighted by molar-refractivity contribution is 7.80. The lowest BCUT2D eigenvalue weighted by Gasteiger charge is -2.11. The van der Waals surface area contributed by atoms with E-state index in [-0.39, 0.29) is 0 Å². The summed E-state index contributed by atoms with van der Waals surface area (Å²) in [6.07, 6.45) is 5.12. The fraction of sp³-hybridized carbons (Fsp3) is 0.357. The van der Waals surface area contributed by atoms with E-state index in [4.69, 9.17) is 12.2 Å². The van der Waals surface area contributed by atoms with Crippen molar-refractivity contribution < 1.29 is 0 Å². The molecule has 86 valence electrons. The third kappa shape index (κ3) is 3.78. The highest BCUT2D eigenvalue weighted by atomic mass is 32.1. The Hall–Kier alpha value is -1.15. The van der Waals surface area contributed by atoms with Gasteiger partial charge in [-0.15, -0.1) is 6.58 Å². The van der Waals surface area contributed by atoms with Gasteiger partial charge in [0.05, 0.1) is 0 Å². The molecule has 0 aliphatic heterocycles. The van der Waals surface area contributed by atoms with Crippen molar-refractivity contribution in [2.45, 2.75) is 26.2 Å². The molecule has 0 fully saturated rings. The molecule has 0 saturated heterocycles. The van der Waals surface area contributed by atoms with Crippen LogP contribution in [0.15, 0.2) is 36.9 Å². The summed E-state index contributed by atoms with van der Waals surface area (Å²) in [5, 5.41) is 3.30. The molecule has 0 unspecified atom stereocenters. The number of rotatable bonds is 6. The van der Waals surface area contributed by atoms with Gasteiger partial charge in [-0.05, 0) is 18.4 Å². The molecule has 0 aliphatic carbocycles. The fourth-order valence-corrected chi connectivity index (χ4v) is 1.85. The van der Waals surface area contributed by atoms with Crippen molar-refractivity contribution in [2.75, 3.05) is 6.54 Å². The van der Waals surface area contributed by atoms with Crippen LogP contribution in [0.5, 0.6) is 0 Å². The van der Waals surface area contributed by atoms with Gasteiger partial charge in [-0.1, -0.05) is 55.9 Å². The summed E-state index contributed by atoms with van der Waals surface area (Å²) in [4.78, 5) is 0.853. The van der Waals surface area contributed by atoms with Crippen molar-refractivity contribution in [2.24, 2.45) is 0 Å². The molecule has 0 amide bonds. The van der Waals surface area contributed by atoms with Crippen LogP contribution in [0.3, 0.4) is 0 Å². The summed E-state index contributed by atoms with van der Waals surface area (Å²) in [6, 6.07) is 8.23. The van der Waals surface area contributed by atoms with Gasteiger partial charge in [0.15, 0.2) is 0 Å². The van der Waals surface area contributed by atoms with Crippen LogP contribution in [0.25, 0.3) is 0 Å². The van der Waals surface area contributed by atoms with Gasteiger partial charge < -0.3 is 5.32 Å². The summed E-state index contributed by atoms with van der Waals surface area (Å²) >= 11 is 5.39. The predicted octanol–water partition coefficient (Wildman–Crippen LogP) is 3.48. The number of benzene rings is 1. The predicted molar refractivity (Wildman–Crippen MR) is 75.0 cm³/mol. The van der Waals surface area contributed by atoms with Crippen LogP contribution >= 0.6 is 12.2 Å². The summed E-state index contributed by atoms with van der Waals surface area (Å²) in [5.41, 5.74) is 2.38. The van der Waals surface area contributed by atoms with Crippen molar-refractivity contribution in [3.8, 4) is 0 Å². The summed E-state index contributed by atoms with van der Waals surface area (Å²) in [5.74, 6) is 0. The molecule has 1 rings (SSSR count). The molecule has 0 spiro atoms. The largest absolute Gasteiger partial charge is 0.376 e. The van der Waals surface area contributed by atoms with E-state index >= 15 is 0 Å². The molecule has 0 radical (unpaired) electrons. The topological polar surface area (TPSA) is 12.0 Å². The first kappa shape index (κ1) is 12.9. The molecule has 0 atom stereocenters. The van der Waals surface area contributed by atoms with Crippen LogP contribution in [0.4, 0.5) is 0 Å². The minimum absolute atomic E-state index is 0.853. The maximum absolute atomic E-state index is 5.39. The van der Waals surface area contributed by atoms with E-state index in [1.165, 1.54) is 12.0 Å². The first-order valence-electron chi connectivity index (χ1n) is 5.76. The van der Waals surface area contributed by atoms with Gasteiger partial charge in [0.25, 0.3) is 0 Å².